The fraction of sp³-hybridized carbons (Fsp3) is 0.682. The van der Waals surface area contributed by atoms with Gasteiger partial charge in [0.2, 0.25) is 0 Å². The summed E-state index contributed by atoms with van der Waals surface area (Å²) in [7, 11) is 0. The van der Waals surface area contributed by atoms with Crippen LogP contribution in [0.2, 0.25) is 0 Å². The van der Waals surface area contributed by atoms with Gasteiger partial charge in [-0.05, 0) is 0 Å². The van der Waals surface area contributed by atoms with E-state index >= 15 is 0 Å². The lowest BCUT2D eigenvalue weighted by atomic mass is 9.98. The van der Waals surface area contributed by atoms with E-state index in [0.29, 0.717) is 0 Å². The van der Waals surface area contributed by atoms with Gasteiger partial charge in [-0.3, -0.25) is 24.0 Å². The third kappa shape index (κ3) is 8.92. The smallest absolute Gasteiger partial charge is 0.303 e. The number of hydrogen-bond acceptors (Lipinski definition) is 13. The Hall–Kier alpha value is -3.03. The normalized spacial score (nSPS) is 30.0. The summed E-state index contributed by atoms with van der Waals surface area (Å²) in [6.45, 7) is 5.52. The maximum absolute atomic E-state index is 11.9. The highest BCUT2D eigenvalue weighted by Gasteiger charge is 2.53. The molecule has 0 aliphatic carbocycles. The second-order valence-electron chi connectivity index (χ2n) is 7.77. The van der Waals surface area contributed by atoms with Crippen molar-refractivity contribution in [2.24, 2.45) is 0 Å². The summed E-state index contributed by atoms with van der Waals surface area (Å²) >= 11 is 0. The number of rotatable bonds is 9. The molecule has 1 saturated heterocycles. The summed E-state index contributed by atoms with van der Waals surface area (Å²) in [5.41, 5.74) is 0. The molecule has 0 unspecified atom stereocenters. The van der Waals surface area contributed by atoms with Gasteiger partial charge in [0.1, 0.15) is 31.5 Å². The molecule has 1 fully saturated rings. The molecule has 0 N–H and O–H groups in total. The Bertz CT molecular complexity index is 822. The van der Waals surface area contributed by atoms with Crippen LogP contribution in [0.1, 0.15) is 34.6 Å². The molecule has 13 heteroatoms. The van der Waals surface area contributed by atoms with Crippen molar-refractivity contribution in [1.29, 1.82) is 0 Å². The lowest BCUT2D eigenvalue weighted by Crippen LogP contribution is -2.63. The van der Waals surface area contributed by atoms with Crippen LogP contribution in [0, 0.1) is 0 Å². The van der Waals surface area contributed by atoms with Crippen molar-refractivity contribution in [3.8, 4) is 0 Å². The van der Waals surface area contributed by atoms with Crippen LogP contribution in [-0.2, 0) is 61.9 Å². The number of hydrogen-bond donors (Lipinski definition) is 0. The molecular formula is C22H30O13. The predicted molar refractivity (Wildman–Crippen MR) is 112 cm³/mol. The maximum atomic E-state index is 11.9. The minimum Gasteiger partial charge on any atom is -0.463 e. The molecule has 0 saturated carbocycles. The van der Waals surface area contributed by atoms with Gasteiger partial charge in [0, 0.05) is 34.6 Å². The first-order valence-corrected chi connectivity index (χ1v) is 10.9. The van der Waals surface area contributed by atoms with Crippen molar-refractivity contribution < 1.29 is 61.9 Å². The summed E-state index contributed by atoms with van der Waals surface area (Å²) in [6.07, 6.45) is -4.81. The van der Waals surface area contributed by atoms with Gasteiger partial charge < -0.3 is 37.9 Å². The lowest BCUT2D eigenvalue weighted by Gasteiger charge is -2.45. The van der Waals surface area contributed by atoms with E-state index in [1.165, 1.54) is 13.8 Å². The monoisotopic (exact) mass is 502 g/mol. The first-order chi connectivity index (χ1) is 16.5. The summed E-state index contributed by atoms with van der Waals surface area (Å²) in [6, 6.07) is 0. The van der Waals surface area contributed by atoms with Crippen molar-refractivity contribution in [2.75, 3.05) is 19.8 Å². The Labute approximate surface area is 201 Å². The first-order valence-electron chi connectivity index (χ1n) is 10.9. The van der Waals surface area contributed by atoms with Gasteiger partial charge in [0.05, 0.1) is 6.61 Å². The molecule has 0 aromatic rings. The molecule has 2 aliphatic heterocycles. The van der Waals surface area contributed by atoms with E-state index in [1.54, 1.807) is 12.2 Å². The zero-order valence-electron chi connectivity index (χ0n) is 20.1. The van der Waals surface area contributed by atoms with Crippen molar-refractivity contribution in [1.82, 2.24) is 0 Å². The lowest BCUT2D eigenvalue weighted by molar-refractivity contribution is -0.319. The minimum atomic E-state index is -1.38. The molecule has 0 bridgehead atoms. The van der Waals surface area contributed by atoms with E-state index in [9.17, 15) is 24.0 Å². The molecule has 2 aliphatic rings. The summed E-state index contributed by atoms with van der Waals surface area (Å²) in [5, 5.41) is 0. The van der Waals surface area contributed by atoms with Crippen LogP contribution in [0.15, 0.2) is 12.2 Å². The largest absolute Gasteiger partial charge is 0.463 e. The summed E-state index contributed by atoms with van der Waals surface area (Å²) < 4.78 is 43.6. The van der Waals surface area contributed by atoms with E-state index in [1.807, 2.05) is 0 Å². The highest BCUT2D eigenvalue weighted by Crippen LogP contribution is 2.31. The Morgan fingerprint density at radius 3 is 1.77 bits per heavy atom. The Balaban J connectivity index is 2.39. The topological polar surface area (TPSA) is 159 Å². The van der Waals surface area contributed by atoms with E-state index < -0.39 is 72.8 Å². The third-order valence-electron chi connectivity index (χ3n) is 4.79. The second-order valence-corrected chi connectivity index (χ2v) is 7.77. The van der Waals surface area contributed by atoms with Gasteiger partial charge in [0.15, 0.2) is 24.6 Å². The molecule has 0 spiro atoms. The van der Waals surface area contributed by atoms with Gasteiger partial charge >= 0.3 is 29.8 Å². The zero-order valence-corrected chi connectivity index (χ0v) is 20.1. The van der Waals surface area contributed by atoms with Crippen LogP contribution < -0.4 is 0 Å². The highest BCUT2D eigenvalue weighted by atomic mass is 16.7. The molecule has 0 radical (unpaired) electrons. The summed E-state index contributed by atoms with van der Waals surface area (Å²) in [4.78, 5) is 58.2. The molecule has 196 valence electrons. The fourth-order valence-electron chi connectivity index (χ4n) is 3.52. The van der Waals surface area contributed by atoms with Crippen LogP contribution in [0.5, 0.6) is 0 Å². The van der Waals surface area contributed by atoms with Crippen LogP contribution in [0.3, 0.4) is 0 Å². The van der Waals surface area contributed by atoms with Crippen LogP contribution in [-0.4, -0.2) is 92.6 Å². The van der Waals surface area contributed by atoms with Crippen LogP contribution in [0.4, 0.5) is 0 Å². The van der Waals surface area contributed by atoms with Gasteiger partial charge in [-0.15, -0.1) is 0 Å². The van der Waals surface area contributed by atoms with Crippen LogP contribution >= 0.6 is 0 Å². The number of carbonyl (C=O) groups excluding carboxylic acids is 5. The van der Waals surface area contributed by atoms with Crippen molar-refractivity contribution in [3.63, 3.8) is 0 Å². The SMILES string of the molecule is CC(=O)OC[C@H]1O[C@@H](O[C@H]2C=CCO[C@@H]2COC(C)=O)[C@H](OC(C)=O)[C@@H](OC(C)=O)[C@H]1OC(C)=O. The van der Waals surface area contributed by atoms with Crippen molar-refractivity contribution >= 4 is 29.8 Å². The number of carbonyl (C=O) groups is 5. The van der Waals surface area contributed by atoms with E-state index in [2.05, 4.69) is 0 Å². The third-order valence-corrected chi connectivity index (χ3v) is 4.79. The highest BCUT2D eigenvalue weighted by molar-refractivity contribution is 5.68. The zero-order chi connectivity index (χ0) is 26.1. The average Bonchev–Trinajstić information content (AvgIpc) is 2.74. The van der Waals surface area contributed by atoms with Gasteiger partial charge in [-0.1, -0.05) is 12.2 Å². The Morgan fingerprint density at radius 1 is 0.714 bits per heavy atom. The first kappa shape index (κ1) is 28.2. The van der Waals surface area contributed by atoms with Gasteiger partial charge in [-0.25, -0.2) is 0 Å². The summed E-state index contributed by atoms with van der Waals surface area (Å²) in [5.74, 6) is -3.41. The van der Waals surface area contributed by atoms with E-state index in [0.717, 1.165) is 20.8 Å². The fourth-order valence-corrected chi connectivity index (χ4v) is 3.52. The predicted octanol–water partition coefficient (Wildman–Crippen LogP) is -0.0272. The molecule has 0 aromatic heterocycles. The van der Waals surface area contributed by atoms with Gasteiger partial charge in [-0.2, -0.15) is 0 Å². The number of esters is 5. The number of ether oxygens (including phenoxy) is 8. The molecule has 2 rings (SSSR count). The quantitative estimate of drug-likeness (QED) is 0.235. The Morgan fingerprint density at radius 2 is 1.23 bits per heavy atom. The molecule has 35 heavy (non-hydrogen) atoms. The van der Waals surface area contributed by atoms with Gasteiger partial charge in [0.25, 0.3) is 0 Å². The van der Waals surface area contributed by atoms with Crippen LogP contribution in [0.25, 0.3) is 0 Å². The standard InChI is InChI=1S/C22H30O13/c1-11(23)29-9-17-16(7-6-8-28-17)34-22-21(33-15(5)27)20(32-14(4)26)19(31-13(3)25)18(35-22)10-30-12(2)24/h6-7,16-22H,8-10H2,1-5H3/t16-,17+,18+,19-,20-,21+,22+/m0/s1. The van der Waals surface area contributed by atoms with Crippen molar-refractivity contribution in [3.05, 3.63) is 12.2 Å². The molecule has 0 amide bonds. The molecule has 13 nitrogen and oxygen atoms in total. The maximum Gasteiger partial charge on any atom is 0.303 e. The second kappa shape index (κ2) is 13.2. The van der Waals surface area contributed by atoms with E-state index in [4.69, 9.17) is 37.9 Å². The molecular weight excluding hydrogens is 472 g/mol. The Kier molecular flexibility index (Phi) is 10.6. The molecule has 7 atom stereocenters. The molecule has 2 heterocycles. The molecule has 0 aromatic carbocycles. The average molecular weight is 502 g/mol. The minimum absolute atomic E-state index is 0.129. The van der Waals surface area contributed by atoms with E-state index in [-0.39, 0.29) is 19.8 Å². The van der Waals surface area contributed by atoms with Crippen molar-refractivity contribution in [2.45, 2.75) is 77.5 Å².